The van der Waals surface area contributed by atoms with Gasteiger partial charge in [-0.05, 0) is 37.3 Å². The van der Waals surface area contributed by atoms with Crippen molar-refractivity contribution in [2.75, 3.05) is 7.11 Å². The molecule has 1 amide bonds. The molecule has 1 heterocycles. The maximum absolute atomic E-state index is 12.7. The van der Waals surface area contributed by atoms with Crippen LogP contribution >= 0.6 is 0 Å². The molecule has 0 radical (unpaired) electrons. The summed E-state index contributed by atoms with van der Waals surface area (Å²) in [6.45, 7) is 1.93. The lowest BCUT2D eigenvalue weighted by atomic mass is 10.1. The average Bonchev–Trinajstić information content (AvgIpc) is 3.39. The van der Waals surface area contributed by atoms with Crippen LogP contribution in [0.4, 0.5) is 0 Å². The second kappa shape index (κ2) is 6.87. The molecule has 23 heavy (non-hydrogen) atoms. The first-order valence-electron chi connectivity index (χ1n) is 7.86. The van der Waals surface area contributed by atoms with Crippen LogP contribution in [0.25, 0.3) is 0 Å². The van der Waals surface area contributed by atoms with E-state index in [0.717, 1.165) is 24.1 Å². The third-order valence-electron chi connectivity index (χ3n) is 4.06. The second-order valence-electron chi connectivity index (χ2n) is 5.91. The van der Waals surface area contributed by atoms with Gasteiger partial charge < -0.3 is 10.1 Å². The van der Waals surface area contributed by atoms with Gasteiger partial charge in [-0.1, -0.05) is 30.3 Å². The molecule has 0 saturated heterocycles. The summed E-state index contributed by atoms with van der Waals surface area (Å²) in [6.07, 6.45) is 3.29. The molecule has 1 aliphatic rings. The van der Waals surface area contributed by atoms with Gasteiger partial charge in [0.2, 0.25) is 0 Å². The summed E-state index contributed by atoms with van der Waals surface area (Å²) >= 11 is 0. The van der Waals surface area contributed by atoms with Gasteiger partial charge in [-0.25, -0.2) is 9.97 Å². The molecular formula is C18H21N3O2. The Kier molecular flexibility index (Phi) is 4.67. The van der Waals surface area contributed by atoms with Crippen molar-refractivity contribution in [2.24, 2.45) is 5.92 Å². The highest BCUT2D eigenvalue weighted by molar-refractivity contribution is 5.82. The number of carbonyl (C=O) groups excluding carboxylic acids is 1. The van der Waals surface area contributed by atoms with Gasteiger partial charge in [-0.2, -0.15) is 0 Å². The molecule has 2 atom stereocenters. The van der Waals surface area contributed by atoms with Gasteiger partial charge >= 0.3 is 0 Å². The minimum Gasteiger partial charge on any atom is -0.367 e. The number of methoxy groups -OCH3 is 1. The SMILES string of the molecule is CO[C@@H](C(=O)N[C@H](c1nccc(C)n1)C1CC1)c1ccccc1. The van der Waals surface area contributed by atoms with Crippen LogP contribution in [0.5, 0.6) is 0 Å². The number of benzene rings is 1. The minimum atomic E-state index is -0.623. The number of nitrogens with zero attached hydrogens (tertiary/aromatic N) is 2. The van der Waals surface area contributed by atoms with Gasteiger partial charge in [-0.15, -0.1) is 0 Å². The van der Waals surface area contributed by atoms with Crippen molar-refractivity contribution >= 4 is 5.91 Å². The van der Waals surface area contributed by atoms with Crippen molar-refractivity contribution in [3.05, 3.63) is 59.7 Å². The number of aryl methyl sites for hydroxylation is 1. The van der Waals surface area contributed by atoms with Crippen molar-refractivity contribution < 1.29 is 9.53 Å². The fourth-order valence-corrected chi connectivity index (χ4v) is 2.69. The zero-order valence-corrected chi connectivity index (χ0v) is 13.4. The third-order valence-corrected chi connectivity index (χ3v) is 4.06. The van der Waals surface area contributed by atoms with Crippen molar-refractivity contribution in [1.29, 1.82) is 0 Å². The van der Waals surface area contributed by atoms with Crippen LogP contribution in [0, 0.1) is 12.8 Å². The molecule has 0 spiro atoms. The second-order valence-corrected chi connectivity index (χ2v) is 5.91. The van der Waals surface area contributed by atoms with Crippen molar-refractivity contribution in [3.8, 4) is 0 Å². The van der Waals surface area contributed by atoms with Gasteiger partial charge in [0.1, 0.15) is 0 Å². The van der Waals surface area contributed by atoms with Crippen LogP contribution in [0.2, 0.25) is 0 Å². The molecule has 2 aromatic rings. The molecule has 0 unspecified atom stereocenters. The molecular weight excluding hydrogens is 290 g/mol. The number of nitrogens with one attached hydrogen (secondary N) is 1. The van der Waals surface area contributed by atoms with Gasteiger partial charge in [0, 0.05) is 19.0 Å². The maximum atomic E-state index is 12.7. The monoisotopic (exact) mass is 311 g/mol. The van der Waals surface area contributed by atoms with E-state index < -0.39 is 6.10 Å². The van der Waals surface area contributed by atoms with Crippen molar-refractivity contribution in [3.63, 3.8) is 0 Å². The lowest BCUT2D eigenvalue weighted by molar-refractivity contribution is -0.132. The number of aromatic nitrogens is 2. The van der Waals surface area contributed by atoms with Crippen molar-refractivity contribution in [1.82, 2.24) is 15.3 Å². The average molecular weight is 311 g/mol. The largest absolute Gasteiger partial charge is 0.367 e. The van der Waals surface area contributed by atoms with Crippen LogP contribution in [-0.4, -0.2) is 23.0 Å². The summed E-state index contributed by atoms with van der Waals surface area (Å²) in [7, 11) is 1.55. The van der Waals surface area contributed by atoms with E-state index in [4.69, 9.17) is 4.74 Å². The van der Waals surface area contributed by atoms with E-state index >= 15 is 0 Å². The molecule has 5 heteroatoms. The smallest absolute Gasteiger partial charge is 0.254 e. The number of hydrogen-bond acceptors (Lipinski definition) is 4. The fraction of sp³-hybridized carbons (Fsp3) is 0.389. The maximum Gasteiger partial charge on any atom is 0.254 e. The summed E-state index contributed by atoms with van der Waals surface area (Å²) in [5.41, 5.74) is 1.74. The number of amides is 1. The first kappa shape index (κ1) is 15.6. The van der Waals surface area contributed by atoms with E-state index in [9.17, 15) is 4.79 Å². The van der Waals surface area contributed by atoms with E-state index in [1.807, 2.05) is 43.3 Å². The molecule has 1 aliphatic carbocycles. The first-order valence-corrected chi connectivity index (χ1v) is 7.86. The molecule has 5 nitrogen and oxygen atoms in total. The zero-order chi connectivity index (χ0) is 16.2. The predicted molar refractivity (Wildman–Crippen MR) is 86.6 cm³/mol. The summed E-state index contributed by atoms with van der Waals surface area (Å²) in [6, 6.07) is 11.2. The van der Waals surface area contributed by atoms with E-state index in [2.05, 4.69) is 15.3 Å². The Hall–Kier alpha value is -2.27. The Morgan fingerprint density at radius 3 is 2.61 bits per heavy atom. The van der Waals surface area contributed by atoms with Crippen LogP contribution in [0.15, 0.2) is 42.6 Å². The standard InChI is InChI=1S/C18H21N3O2/c1-12-10-11-19-17(20-12)15(13-8-9-13)21-18(22)16(23-2)14-6-4-3-5-7-14/h3-7,10-11,13,15-16H,8-9H2,1-2H3,(H,21,22)/t15-,16+/m0/s1. The highest BCUT2D eigenvalue weighted by Crippen LogP contribution is 2.40. The molecule has 3 rings (SSSR count). The van der Waals surface area contributed by atoms with E-state index in [-0.39, 0.29) is 11.9 Å². The van der Waals surface area contributed by atoms with Gasteiger partial charge in [0.05, 0.1) is 6.04 Å². The van der Waals surface area contributed by atoms with Gasteiger partial charge in [0.15, 0.2) is 11.9 Å². The number of carbonyl (C=O) groups is 1. The lowest BCUT2D eigenvalue weighted by Gasteiger charge is -2.21. The predicted octanol–water partition coefficient (Wildman–Crippen LogP) is 2.74. The van der Waals surface area contributed by atoms with Gasteiger partial charge in [0.25, 0.3) is 5.91 Å². The van der Waals surface area contributed by atoms with E-state index in [1.54, 1.807) is 13.3 Å². The Morgan fingerprint density at radius 1 is 1.26 bits per heavy atom. The topological polar surface area (TPSA) is 64.1 Å². The summed E-state index contributed by atoms with van der Waals surface area (Å²) in [5, 5.41) is 3.08. The molecule has 1 aromatic carbocycles. The normalized spacial score (nSPS) is 16.6. The first-order chi connectivity index (χ1) is 11.2. The lowest BCUT2D eigenvalue weighted by Crippen LogP contribution is -2.35. The fourth-order valence-electron chi connectivity index (χ4n) is 2.69. The molecule has 0 aliphatic heterocycles. The zero-order valence-electron chi connectivity index (χ0n) is 13.4. The van der Waals surface area contributed by atoms with Crippen molar-refractivity contribution in [2.45, 2.75) is 31.9 Å². The van der Waals surface area contributed by atoms with Gasteiger partial charge in [-0.3, -0.25) is 4.79 Å². The molecule has 0 bridgehead atoms. The Morgan fingerprint density at radius 2 is 2.00 bits per heavy atom. The quantitative estimate of drug-likeness (QED) is 0.891. The molecule has 1 saturated carbocycles. The third kappa shape index (κ3) is 3.74. The summed E-state index contributed by atoms with van der Waals surface area (Å²) in [4.78, 5) is 21.5. The number of rotatable bonds is 6. The Labute approximate surface area is 136 Å². The van der Waals surface area contributed by atoms with Crippen LogP contribution in [0.3, 0.4) is 0 Å². The number of hydrogen-bond donors (Lipinski definition) is 1. The molecule has 120 valence electrons. The van der Waals surface area contributed by atoms with E-state index in [1.165, 1.54) is 0 Å². The highest BCUT2D eigenvalue weighted by atomic mass is 16.5. The molecule has 1 fully saturated rings. The molecule has 1 aromatic heterocycles. The molecule has 1 N–H and O–H groups in total. The Bertz CT molecular complexity index is 671. The van der Waals surface area contributed by atoms with Crippen LogP contribution in [0.1, 0.15) is 42.1 Å². The Balaban J connectivity index is 1.78. The number of ether oxygens (including phenoxy) is 1. The van der Waals surface area contributed by atoms with Crippen LogP contribution in [-0.2, 0) is 9.53 Å². The van der Waals surface area contributed by atoms with E-state index in [0.29, 0.717) is 11.7 Å². The summed E-state index contributed by atoms with van der Waals surface area (Å²) < 4.78 is 5.41. The summed E-state index contributed by atoms with van der Waals surface area (Å²) in [5.74, 6) is 0.943. The van der Waals surface area contributed by atoms with Crippen LogP contribution < -0.4 is 5.32 Å². The highest BCUT2D eigenvalue weighted by Gasteiger charge is 2.36. The minimum absolute atomic E-state index is 0.149.